The largest absolute Gasteiger partial charge is 0.347 e. The fraction of sp³-hybridized carbons (Fsp3) is 0.770. The minimum absolute atomic E-state index is 0.0103. The highest BCUT2D eigenvalue weighted by Gasteiger charge is 2.30. The molecule has 2 fully saturated rings. The van der Waals surface area contributed by atoms with E-state index in [0.29, 0.717) is 108 Å². The van der Waals surface area contributed by atoms with Gasteiger partial charge in [0.05, 0.1) is 47.6 Å². The number of likely N-dealkylation sites (tertiary alicyclic amines) is 2. The van der Waals surface area contributed by atoms with Crippen molar-refractivity contribution in [1.29, 1.82) is 0 Å². The lowest BCUT2D eigenvalue weighted by Crippen LogP contribution is -2.53. The number of Topliss-reactive ketones (excluding diaryl/α,β-unsaturated/α-hetero) is 4. The number of ketones is 4. The predicted molar refractivity (Wildman–Crippen MR) is 347 cm³/mol. The Morgan fingerprint density at radius 3 is 1.23 bits per heavy atom. The summed E-state index contributed by atoms with van der Waals surface area (Å²) in [6.07, 6.45) is 20.9. The smallest absolute Gasteiger partial charge is 0.245 e. The highest BCUT2D eigenvalue weighted by molar-refractivity contribution is 5.91. The summed E-state index contributed by atoms with van der Waals surface area (Å²) in [5.74, 6) is -0.878. The molecule has 0 radical (unpaired) electrons. The molecule has 10 N–H and O–H groups in total. The maximum Gasteiger partial charge on any atom is 0.245 e. The second-order valence-corrected chi connectivity index (χ2v) is 23.1. The molecule has 2 aromatic rings. The monoisotopic (exact) mass is 1290 g/mol. The van der Waals surface area contributed by atoms with E-state index in [1.807, 2.05) is 18.0 Å². The van der Waals surface area contributed by atoms with Crippen LogP contribution in [0.15, 0.2) is 22.6 Å². The number of carbonyl (C=O) groups is 10. The van der Waals surface area contributed by atoms with Crippen molar-refractivity contribution in [3.63, 3.8) is 0 Å². The molecule has 0 bridgehead atoms. The quantitative estimate of drug-likeness (QED) is 0.0203. The summed E-state index contributed by atoms with van der Waals surface area (Å²) in [4.78, 5) is 126. The van der Waals surface area contributed by atoms with Gasteiger partial charge >= 0.3 is 0 Å². The molecule has 0 aliphatic carbocycles. The highest BCUT2D eigenvalue weighted by Crippen LogP contribution is 2.15. The summed E-state index contributed by atoms with van der Waals surface area (Å²) in [5.41, 5.74) is 34.7. The number of hydrogen-bond donors (Lipinski definition) is 7. The van der Waals surface area contributed by atoms with Crippen molar-refractivity contribution in [3.05, 3.63) is 44.7 Å². The van der Waals surface area contributed by atoms with Crippen molar-refractivity contribution < 1.29 is 47.9 Å². The van der Waals surface area contributed by atoms with Crippen molar-refractivity contribution in [2.24, 2.45) is 27.4 Å². The average molecular weight is 1290 g/mol. The molecule has 2 aliphatic rings. The Balaban J connectivity index is 0.000000657. The van der Waals surface area contributed by atoms with Crippen molar-refractivity contribution >= 4 is 58.6 Å². The fourth-order valence-electron chi connectivity index (χ4n) is 10.0. The van der Waals surface area contributed by atoms with E-state index in [0.717, 1.165) is 96.6 Å². The lowest BCUT2D eigenvalue weighted by Gasteiger charge is -2.30. The summed E-state index contributed by atoms with van der Waals surface area (Å²) in [7, 11) is 0. The van der Waals surface area contributed by atoms with Crippen LogP contribution in [0.4, 0.5) is 0 Å². The normalized spacial score (nSPS) is 14.9. The molecule has 0 spiro atoms. The highest BCUT2D eigenvalue weighted by atomic mass is 16.2. The Hall–Kier alpha value is -7.72. The van der Waals surface area contributed by atoms with Gasteiger partial charge in [-0.1, -0.05) is 61.2 Å². The Morgan fingerprint density at radius 1 is 0.489 bits per heavy atom. The fourth-order valence-corrected chi connectivity index (χ4v) is 10.0. The zero-order valence-electron chi connectivity index (χ0n) is 55.9. The van der Waals surface area contributed by atoms with Crippen LogP contribution < -0.4 is 38.5 Å². The number of carbonyl (C=O) groups excluding carboxylic acids is 10. The topological polar surface area (TPSA) is 462 Å². The van der Waals surface area contributed by atoms with Gasteiger partial charge < -0.3 is 48.3 Å². The van der Waals surface area contributed by atoms with Crippen LogP contribution in [-0.2, 0) is 73.9 Å². The number of azide groups is 2. The predicted octanol–water partition coefficient (Wildman–Crippen LogP) is 4.86. The molecule has 31 nitrogen and oxygen atoms in total. The molecule has 31 heteroatoms. The summed E-state index contributed by atoms with van der Waals surface area (Å²) >= 11 is 0. The molecular formula is C61H107N21O10. The van der Waals surface area contributed by atoms with E-state index in [4.69, 9.17) is 28.3 Å². The lowest BCUT2D eigenvalue weighted by atomic mass is 10.0. The van der Waals surface area contributed by atoms with Gasteiger partial charge in [0.25, 0.3) is 0 Å². The summed E-state index contributed by atoms with van der Waals surface area (Å²) in [6, 6.07) is -3.64. The van der Waals surface area contributed by atoms with Crippen LogP contribution in [-0.4, -0.2) is 180 Å². The van der Waals surface area contributed by atoms with Gasteiger partial charge in [-0.3, -0.25) is 57.3 Å². The summed E-state index contributed by atoms with van der Waals surface area (Å²) in [5, 5.41) is 34.2. The maximum atomic E-state index is 13.1. The molecule has 92 heavy (non-hydrogen) atoms. The van der Waals surface area contributed by atoms with Crippen molar-refractivity contribution in [1.82, 2.24) is 61.1 Å². The van der Waals surface area contributed by atoms with Gasteiger partial charge in [0.15, 0.2) is 17.3 Å². The molecule has 2 aromatic heterocycles. The van der Waals surface area contributed by atoms with E-state index < -0.39 is 36.3 Å². The number of nitrogens with two attached hydrogens (primary N) is 3. The first kappa shape index (κ1) is 82.3. The van der Waals surface area contributed by atoms with Crippen LogP contribution in [0.5, 0.6) is 0 Å². The number of aromatic nitrogens is 6. The van der Waals surface area contributed by atoms with E-state index in [2.05, 4.69) is 61.9 Å². The van der Waals surface area contributed by atoms with Gasteiger partial charge in [0.2, 0.25) is 35.4 Å². The third kappa shape index (κ3) is 36.4. The molecule has 0 saturated carbocycles. The molecule has 0 aromatic carbocycles. The lowest BCUT2D eigenvalue weighted by molar-refractivity contribution is -0.137. The van der Waals surface area contributed by atoms with Gasteiger partial charge in [0, 0.05) is 134 Å². The Labute approximate surface area is 542 Å². The van der Waals surface area contributed by atoms with Crippen molar-refractivity contribution in [3.8, 4) is 0 Å². The second kappa shape index (κ2) is 49.0. The molecule has 7 atom stereocenters. The minimum atomic E-state index is -0.736. The summed E-state index contributed by atoms with van der Waals surface area (Å²) in [6.45, 7) is 18.1. The number of nitrogens with zero attached hydrogens (tertiary/aromatic N) is 14. The van der Waals surface area contributed by atoms with Gasteiger partial charge in [-0.15, -0.1) is 10.2 Å². The zero-order chi connectivity index (χ0) is 68.8. The minimum Gasteiger partial charge on any atom is -0.347 e. The van der Waals surface area contributed by atoms with Crippen LogP contribution in [0.1, 0.15) is 208 Å². The van der Waals surface area contributed by atoms with Gasteiger partial charge in [-0.05, 0) is 121 Å². The number of hydrogen-bond acceptors (Lipinski definition) is 19. The van der Waals surface area contributed by atoms with Crippen LogP contribution in [0.3, 0.4) is 0 Å². The van der Waals surface area contributed by atoms with Crippen LogP contribution in [0.2, 0.25) is 0 Å². The molecule has 6 amide bonds. The SMILES string of the molecule is CCC(=O)C(CCCCN=[N+]=[N-])NC(C)=O.CCC(=O)C(CCCCn1cc(C[C@@H](N)C(=O)N2CCCCC2)nn1)NC(C)=O.CCC(=O)C(CCCCn1cc(C[C@@H](NC(=O)C(C)N)C(=O)N2CCCCC2)nn1)NC(C)=O.CCC(=O)C(N)CCCCN=[N+]=[N-]. The molecule has 2 saturated heterocycles. The van der Waals surface area contributed by atoms with E-state index in [1.54, 1.807) is 48.2 Å². The third-order valence-electron chi connectivity index (χ3n) is 15.2. The van der Waals surface area contributed by atoms with Gasteiger partial charge in [-0.2, -0.15) is 0 Å². The standard InChI is InChI=1S/C23H39N7O4.C20H34N6O3.C10H18N4O2.C8H16N4O/c1-4-21(32)19(25-17(3)31)10-6-9-13-30-15-18(27-28-30)14-20(26-22(33)16(2)24)23(34)29-11-7-5-8-12-29;1-3-19(28)18(22-15(2)27)9-5-8-12-26-14-16(23-24-26)13-17(21)20(29)25-10-6-4-7-11-25;1-3-10(16)9(13-8(2)15)6-4-5-7-12-14-11;1-2-8(13)7(9)5-3-4-6-11-12-10/h15-16,19-20H,4-14,24H2,1-3H3,(H,25,31)(H,26,33);14,17-18H,3-13,21H2,1-2H3,(H,22,27);9H,3-7H2,1-2H3,(H,13,15);7H,2-6,9H2,1H3/t16?,19?,20-;17-,18?;;/m11../s1. The molecule has 5 unspecified atom stereocenters. The third-order valence-corrected chi connectivity index (χ3v) is 15.2. The number of aryl methyl sites for hydroxylation is 2. The Morgan fingerprint density at radius 2 is 0.859 bits per heavy atom. The summed E-state index contributed by atoms with van der Waals surface area (Å²) < 4.78 is 3.43. The number of rotatable bonds is 39. The van der Waals surface area contributed by atoms with Gasteiger partial charge in [-0.25, -0.2) is 0 Å². The maximum absolute atomic E-state index is 13.1. The van der Waals surface area contributed by atoms with Crippen LogP contribution in [0, 0.1) is 0 Å². The number of piperidine rings is 2. The van der Waals surface area contributed by atoms with E-state index in [9.17, 15) is 47.9 Å². The zero-order valence-corrected chi connectivity index (χ0v) is 55.9. The molecule has 4 rings (SSSR count). The Kier molecular flexibility index (Phi) is 43.8. The second-order valence-electron chi connectivity index (χ2n) is 23.1. The number of unbranched alkanes of at least 4 members (excludes halogenated alkanes) is 4. The molecule has 516 valence electrons. The van der Waals surface area contributed by atoms with Crippen molar-refractivity contribution in [2.75, 3.05) is 39.3 Å². The first-order valence-electron chi connectivity index (χ1n) is 32.8. The van der Waals surface area contributed by atoms with Crippen molar-refractivity contribution in [2.45, 2.75) is 265 Å². The molecule has 2 aliphatic heterocycles. The molecular weight excluding hydrogens is 1190 g/mol. The van der Waals surface area contributed by atoms with Gasteiger partial charge in [0.1, 0.15) is 11.8 Å². The van der Waals surface area contributed by atoms with E-state index in [1.165, 1.54) is 27.2 Å². The number of nitrogens with one attached hydrogen (secondary N) is 4. The first-order chi connectivity index (χ1) is 43.9. The van der Waals surface area contributed by atoms with E-state index in [-0.39, 0.29) is 71.0 Å². The van der Waals surface area contributed by atoms with Crippen LogP contribution >= 0.6 is 0 Å². The van der Waals surface area contributed by atoms with Crippen LogP contribution in [0.25, 0.3) is 20.9 Å². The van der Waals surface area contributed by atoms with E-state index >= 15 is 0 Å². The Bertz CT molecular complexity index is 2660. The first-order valence-corrected chi connectivity index (χ1v) is 32.8. The molecule has 4 heterocycles. The average Bonchev–Trinajstić information content (AvgIpc) is 1.62. The number of amides is 6.